The predicted molar refractivity (Wildman–Crippen MR) is 93.6 cm³/mol. The van der Waals surface area contributed by atoms with Crippen LogP contribution in [0.3, 0.4) is 0 Å². The number of rotatable bonds is 8. The summed E-state index contributed by atoms with van der Waals surface area (Å²) >= 11 is 0. The van der Waals surface area contributed by atoms with Crippen molar-refractivity contribution in [2.24, 2.45) is 5.41 Å². The van der Waals surface area contributed by atoms with Gasteiger partial charge in [-0.25, -0.2) is 0 Å². The molecule has 9 heteroatoms. The molecule has 27 heavy (non-hydrogen) atoms. The van der Waals surface area contributed by atoms with E-state index in [1.807, 2.05) is 0 Å². The van der Waals surface area contributed by atoms with Gasteiger partial charge in [-0.2, -0.15) is 0 Å². The van der Waals surface area contributed by atoms with Gasteiger partial charge in [-0.1, -0.05) is 0 Å². The van der Waals surface area contributed by atoms with Crippen molar-refractivity contribution < 1.29 is 42.9 Å². The average molecular weight is 390 g/mol. The Balaban J connectivity index is 0.000000541. The number of hydrogen-bond acceptors (Lipinski definition) is 9. The minimum Gasteiger partial charge on any atom is -0.466 e. The third kappa shape index (κ3) is 8.85. The fraction of sp³-hybridized carbons (Fsp3) is 0.778. The summed E-state index contributed by atoms with van der Waals surface area (Å²) in [6.07, 6.45) is 0.386. The summed E-state index contributed by atoms with van der Waals surface area (Å²) in [6.45, 7) is 8.69. The van der Waals surface area contributed by atoms with E-state index in [-0.39, 0.29) is 32.8 Å². The number of carbonyl (C=O) groups excluding carboxylic acids is 4. The fourth-order valence-electron chi connectivity index (χ4n) is 2.29. The lowest BCUT2D eigenvalue weighted by Gasteiger charge is -2.32. The van der Waals surface area contributed by atoms with Crippen molar-refractivity contribution in [1.82, 2.24) is 0 Å². The van der Waals surface area contributed by atoms with E-state index >= 15 is 0 Å². The molecule has 9 nitrogen and oxygen atoms in total. The van der Waals surface area contributed by atoms with E-state index in [0.29, 0.717) is 26.1 Å². The molecule has 0 radical (unpaired) electrons. The molecule has 0 aromatic carbocycles. The molecule has 1 aliphatic rings. The van der Waals surface area contributed by atoms with Gasteiger partial charge in [0.05, 0.1) is 26.4 Å². The summed E-state index contributed by atoms with van der Waals surface area (Å²) in [5, 5.41) is 0. The maximum atomic E-state index is 11.9. The second kappa shape index (κ2) is 14.0. The van der Waals surface area contributed by atoms with Crippen LogP contribution in [0.1, 0.15) is 47.0 Å². The fourth-order valence-corrected chi connectivity index (χ4v) is 2.29. The topological polar surface area (TPSA) is 114 Å². The average Bonchev–Trinajstić information content (AvgIpc) is 2.63. The second-order valence-corrected chi connectivity index (χ2v) is 5.42. The minimum atomic E-state index is -1.15. The molecule has 1 aliphatic heterocycles. The Bertz CT molecular complexity index is 445. The normalized spacial score (nSPS) is 14.8. The van der Waals surface area contributed by atoms with Gasteiger partial charge in [0.2, 0.25) is 0 Å². The van der Waals surface area contributed by atoms with E-state index in [1.54, 1.807) is 27.7 Å². The zero-order chi connectivity index (χ0) is 20.7. The van der Waals surface area contributed by atoms with E-state index in [1.165, 1.54) is 0 Å². The second-order valence-electron chi connectivity index (χ2n) is 5.42. The van der Waals surface area contributed by atoms with Gasteiger partial charge in [0.25, 0.3) is 0 Å². The van der Waals surface area contributed by atoms with Gasteiger partial charge in [-0.05, 0) is 40.5 Å². The Morgan fingerprint density at radius 2 is 1.07 bits per heavy atom. The number of ether oxygens (including phenoxy) is 5. The number of esters is 4. The molecule has 0 bridgehead atoms. The lowest BCUT2D eigenvalue weighted by molar-refractivity contribution is -0.179. The van der Waals surface area contributed by atoms with Crippen molar-refractivity contribution in [3.63, 3.8) is 0 Å². The molecule has 156 valence electrons. The van der Waals surface area contributed by atoms with Crippen molar-refractivity contribution >= 4 is 23.9 Å². The van der Waals surface area contributed by atoms with Gasteiger partial charge in [-0.3, -0.25) is 19.2 Å². The largest absolute Gasteiger partial charge is 0.466 e. The van der Waals surface area contributed by atoms with Crippen molar-refractivity contribution in [3.05, 3.63) is 0 Å². The van der Waals surface area contributed by atoms with Crippen LogP contribution in [-0.4, -0.2) is 63.5 Å². The minimum absolute atomic E-state index is 0.265. The van der Waals surface area contributed by atoms with Gasteiger partial charge >= 0.3 is 23.9 Å². The quantitative estimate of drug-likeness (QED) is 0.345. The molecule has 0 unspecified atom stereocenters. The molecule has 0 spiro atoms. The lowest BCUT2D eigenvalue weighted by Crippen LogP contribution is -2.46. The molecule has 0 aromatic heterocycles. The summed E-state index contributed by atoms with van der Waals surface area (Å²) in [6, 6.07) is 0. The highest BCUT2D eigenvalue weighted by Gasteiger charge is 2.49. The molecule has 0 amide bonds. The molecule has 0 aliphatic carbocycles. The zero-order valence-corrected chi connectivity index (χ0v) is 16.5. The highest BCUT2D eigenvalue weighted by molar-refractivity contribution is 6.00. The van der Waals surface area contributed by atoms with Gasteiger partial charge in [-0.15, -0.1) is 0 Å². The molecule has 1 fully saturated rings. The molecule has 1 saturated heterocycles. The third-order valence-corrected chi connectivity index (χ3v) is 3.58. The van der Waals surface area contributed by atoms with E-state index in [9.17, 15) is 19.2 Å². The zero-order valence-electron chi connectivity index (χ0n) is 16.5. The maximum absolute atomic E-state index is 11.9. The van der Waals surface area contributed by atoms with Crippen molar-refractivity contribution in [2.75, 3.05) is 39.6 Å². The van der Waals surface area contributed by atoms with Crippen LogP contribution in [0.2, 0.25) is 0 Å². The third-order valence-electron chi connectivity index (χ3n) is 3.58. The van der Waals surface area contributed by atoms with Crippen molar-refractivity contribution in [2.45, 2.75) is 47.0 Å². The van der Waals surface area contributed by atoms with Crippen LogP contribution < -0.4 is 0 Å². The molecule has 1 rings (SSSR count). The van der Waals surface area contributed by atoms with Crippen LogP contribution in [0.25, 0.3) is 0 Å². The van der Waals surface area contributed by atoms with E-state index in [0.717, 1.165) is 0 Å². The van der Waals surface area contributed by atoms with Crippen molar-refractivity contribution in [1.29, 1.82) is 0 Å². The highest BCUT2D eigenvalue weighted by Crippen LogP contribution is 2.33. The van der Waals surface area contributed by atoms with Crippen LogP contribution in [-0.2, 0) is 42.9 Å². The number of carbonyl (C=O) groups is 4. The molecule has 0 saturated carbocycles. The summed E-state index contributed by atoms with van der Waals surface area (Å²) in [5.41, 5.74) is -1.15. The van der Waals surface area contributed by atoms with Crippen molar-refractivity contribution in [3.8, 4) is 0 Å². The maximum Gasteiger partial charge on any atom is 0.323 e. The Morgan fingerprint density at radius 1 is 0.704 bits per heavy atom. The smallest absolute Gasteiger partial charge is 0.323 e. The monoisotopic (exact) mass is 390 g/mol. The van der Waals surface area contributed by atoms with Crippen LogP contribution in [0.4, 0.5) is 0 Å². The van der Waals surface area contributed by atoms with E-state index in [4.69, 9.17) is 14.2 Å². The summed E-state index contributed by atoms with van der Waals surface area (Å²) in [4.78, 5) is 44.9. The Morgan fingerprint density at radius 3 is 1.41 bits per heavy atom. The SMILES string of the molecule is CCOC(=O)C1(C(=O)OCC)CCOCC1.CCOC(=O)CC(=O)OCC. The molecular formula is C18H30O9. The standard InChI is InChI=1S/C11H18O5.C7H12O4/c1-3-15-9(12)11(10(13)16-4-2)5-7-14-8-6-11;1-3-10-6(8)5-7(9)11-4-2/h3-8H2,1-2H3;3-5H2,1-2H3. The molecule has 1 heterocycles. The van der Waals surface area contributed by atoms with E-state index in [2.05, 4.69) is 9.47 Å². The Hall–Kier alpha value is -2.16. The van der Waals surface area contributed by atoms with Gasteiger partial charge in [0.1, 0.15) is 6.42 Å². The molecule has 0 aromatic rings. The first kappa shape index (κ1) is 24.8. The van der Waals surface area contributed by atoms with Crippen LogP contribution in [0, 0.1) is 5.41 Å². The predicted octanol–water partition coefficient (Wildman–Crippen LogP) is 1.41. The molecular weight excluding hydrogens is 360 g/mol. The molecule has 0 atom stereocenters. The van der Waals surface area contributed by atoms with Crippen LogP contribution >= 0.6 is 0 Å². The first-order valence-corrected chi connectivity index (χ1v) is 9.11. The highest BCUT2D eigenvalue weighted by atomic mass is 16.6. The van der Waals surface area contributed by atoms with Gasteiger partial charge < -0.3 is 23.7 Å². The Labute approximate surface area is 159 Å². The van der Waals surface area contributed by atoms with Gasteiger partial charge in [0, 0.05) is 13.2 Å². The summed E-state index contributed by atoms with van der Waals surface area (Å²) in [5.74, 6) is -2.05. The van der Waals surface area contributed by atoms with Crippen LogP contribution in [0.15, 0.2) is 0 Å². The first-order valence-electron chi connectivity index (χ1n) is 9.11. The van der Waals surface area contributed by atoms with Gasteiger partial charge in [0.15, 0.2) is 5.41 Å². The van der Waals surface area contributed by atoms with Crippen LogP contribution in [0.5, 0.6) is 0 Å². The summed E-state index contributed by atoms with van der Waals surface area (Å²) < 4.78 is 24.1. The van der Waals surface area contributed by atoms with E-state index < -0.39 is 29.3 Å². The number of hydrogen-bond donors (Lipinski definition) is 0. The lowest BCUT2D eigenvalue weighted by atomic mass is 9.80. The summed E-state index contributed by atoms with van der Waals surface area (Å²) in [7, 11) is 0. The Kier molecular flexibility index (Phi) is 12.8. The molecule has 0 N–H and O–H groups in total. The first-order chi connectivity index (χ1) is 12.9.